The summed E-state index contributed by atoms with van der Waals surface area (Å²) in [6.45, 7) is 0. The van der Waals surface area contributed by atoms with E-state index in [9.17, 15) is 10.1 Å². The van der Waals surface area contributed by atoms with Crippen LogP contribution >= 0.6 is 0 Å². The molecule has 0 saturated carbocycles. The van der Waals surface area contributed by atoms with Gasteiger partial charge in [-0.25, -0.2) is 9.97 Å². The minimum absolute atomic E-state index is 0.179. The van der Waals surface area contributed by atoms with Crippen molar-refractivity contribution in [2.24, 2.45) is 0 Å². The van der Waals surface area contributed by atoms with Crippen molar-refractivity contribution >= 4 is 22.8 Å². The molecule has 0 aliphatic heterocycles. The summed E-state index contributed by atoms with van der Waals surface area (Å²) in [5, 5.41) is 21.2. The van der Waals surface area contributed by atoms with E-state index in [1.807, 2.05) is 18.3 Å². The largest absolute Gasteiger partial charge is 0.363 e. The van der Waals surface area contributed by atoms with Crippen LogP contribution in [0.5, 0.6) is 0 Å². The molecule has 1 atom stereocenters. The van der Waals surface area contributed by atoms with Crippen LogP contribution in [0.3, 0.4) is 0 Å². The zero-order valence-electron chi connectivity index (χ0n) is 16.6. The van der Waals surface area contributed by atoms with Crippen LogP contribution in [0, 0.1) is 11.3 Å². The summed E-state index contributed by atoms with van der Waals surface area (Å²) in [5.41, 5.74) is 3.51. The van der Waals surface area contributed by atoms with Gasteiger partial charge in [0.05, 0.1) is 30.4 Å². The first kappa shape index (κ1) is 19.2. The highest BCUT2D eigenvalue weighted by Gasteiger charge is 2.19. The summed E-state index contributed by atoms with van der Waals surface area (Å²) in [5.74, 6) is 0.0000610. The minimum Gasteiger partial charge on any atom is -0.363 e. The highest BCUT2D eigenvalue weighted by Crippen LogP contribution is 2.28. The molecule has 2 N–H and O–H groups in total. The van der Waals surface area contributed by atoms with E-state index in [1.165, 1.54) is 12.6 Å². The first-order valence-corrected chi connectivity index (χ1v) is 9.74. The van der Waals surface area contributed by atoms with E-state index in [-0.39, 0.29) is 18.4 Å². The van der Waals surface area contributed by atoms with Crippen LogP contribution in [-0.4, -0.2) is 35.8 Å². The maximum absolute atomic E-state index is 12.6. The number of aromatic nitrogens is 6. The predicted molar refractivity (Wildman–Crippen MR) is 114 cm³/mol. The fourth-order valence-electron chi connectivity index (χ4n) is 3.54. The average molecular weight is 424 g/mol. The summed E-state index contributed by atoms with van der Waals surface area (Å²) >= 11 is 0. The van der Waals surface area contributed by atoms with Crippen molar-refractivity contribution < 1.29 is 9.32 Å². The topological polar surface area (TPSA) is 138 Å². The van der Waals surface area contributed by atoms with Gasteiger partial charge in [-0.2, -0.15) is 10.4 Å². The quantitative estimate of drug-likeness (QED) is 0.425. The molecule has 4 heterocycles. The number of amides is 1. The number of carbonyl (C=O) groups is 1. The van der Waals surface area contributed by atoms with Gasteiger partial charge in [0.25, 0.3) is 5.91 Å². The number of aromatic amines is 1. The molecule has 5 aromatic rings. The van der Waals surface area contributed by atoms with E-state index in [2.05, 4.69) is 36.6 Å². The number of nitrogens with zero attached hydrogens (tertiary/aromatic N) is 6. The van der Waals surface area contributed by atoms with Crippen LogP contribution in [0.4, 0.5) is 5.82 Å². The highest BCUT2D eigenvalue weighted by molar-refractivity contribution is 6.03. The SMILES string of the molecule is N#CCC(c1cccc(C(=O)Nc2ccon2)c1)n1cc(-c2ncnc3[nH]ccc23)cn1. The molecule has 0 spiro atoms. The Morgan fingerprint density at radius 3 is 3.06 bits per heavy atom. The van der Waals surface area contributed by atoms with Crippen molar-refractivity contribution in [1.82, 2.24) is 29.9 Å². The Labute approximate surface area is 181 Å². The summed E-state index contributed by atoms with van der Waals surface area (Å²) < 4.78 is 6.46. The molecule has 0 saturated heterocycles. The number of anilines is 1. The van der Waals surface area contributed by atoms with Crippen molar-refractivity contribution in [3.63, 3.8) is 0 Å². The van der Waals surface area contributed by atoms with Gasteiger partial charge in [-0.05, 0) is 23.8 Å². The second kappa shape index (κ2) is 8.16. The van der Waals surface area contributed by atoms with Crippen molar-refractivity contribution in [3.8, 4) is 17.3 Å². The standard InChI is InChI=1S/C22H16N8O2/c23-7-4-18(14-2-1-3-15(10-14)22(31)28-19-6-9-32-29-19)30-12-16(11-27-30)20-17-5-8-24-21(17)26-13-25-20/h1-3,5-6,8-13,18H,4H2,(H,24,25,26)(H,28,29,31). The maximum Gasteiger partial charge on any atom is 0.256 e. The fraction of sp³-hybridized carbons (Fsp3) is 0.0909. The van der Waals surface area contributed by atoms with Gasteiger partial charge in [0, 0.05) is 35.0 Å². The summed E-state index contributed by atoms with van der Waals surface area (Å²) in [6.07, 6.45) is 8.41. The Kier molecular flexibility index (Phi) is 4.89. The van der Waals surface area contributed by atoms with Gasteiger partial charge in [-0.3, -0.25) is 9.48 Å². The third-order valence-electron chi connectivity index (χ3n) is 5.05. The molecule has 0 fully saturated rings. The molecule has 32 heavy (non-hydrogen) atoms. The number of rotatable bonds is 6. The Bertz CT molecular complexity index is 1430. The molecule has 10 heteroatoms. The second-order valence-corrected chi connectivity index (χ2v) is 7.01. The Balaban J connectivity index is 1.46. The Morgan fingerprint density at radius 2 is 2.22 bits per heavy atom. The second-order valence-electron chi connectivity index (χ2n) is 7.01. The molecule has 1 amide bonds. The normalized spacial score (nSPS) is 11.8. The molecular formula is C22H16N8O2. The van der Waals surface area contributed by atoms with Gasteiger partial charge in [0.1, 0.15) is 18.2 Å². The lowest BCUT2D eigenvalue weighted by atomic mass is 10.0. The molecule has 0 aliphatic rings. The van der Waals surface area contributed by atoms with Crippen molar-refractivity contribution in [3.05, 3.63) is 78.7 Å². The molecule has 4 aromatic heterocycles. The van der Waals surface area contributed by atoms with E-state index in [4.69, 9.17) is 4.52 Å². The summed E-state index contributed by atoms with van der Waals surface area (Å²) in [4.78, 5) is 24.3. The zero-order chi connectivity index (χ0) is 21.9. The minimum atomic E-state index is -0.378. The van der Waals surface area contributed by atoms with Crippen molar-refractivity contribution in [2.75, 3.05) is 5.32 Å². The first-order chi connectivity index (χ1) is 15.7. The lowest BCUT2D eigenvalue weighted by Crippen LogP contribution is -2.15. The first-order valence-electron chi connectivity index (χ1n) is 9.74. The average Bonchev–Trinajstić information content (AvgIpc) is 3.59. The molecule has 156 valence electrons. The number of hydrogen-bond acceptors (Lipinski definition) is 7. The van der Waals surface area contributed by atoms with Crippen LogP contribution in [-0.2, 0) is 0 Å². The maximum atomic E-state index is 12.6. The van der Waals surface area contributed by atoms with E-state index in [0.717, 1.165) is 27.9 Å². The van der Waals surface area contributed by atoms with E-state index < -0.39 is 0 Å². The number of benzene rings is 1. The van der Waals surface area contributed by atoms with Crippen LogP contribution in [0.25, 0.3) is 22.3 Å². The third-order valence-corrected chi connectivity index (χ3v) is 5.05. The highest BCUT2D eigenvalue weighted by atomic mass is 16.5. The van der Waals surface area contributed by atoms with Crippen LogP contribution in [0.15, 0.2) is 72.1 Å². The van der Waals surface area contributed by atoms with Gasteiger partial charge in [-0.1, -0.05) is 17.3 Å². The zero-order valence-corrected chi connectivity index (χ0v) is 16.6. The van der Waals surface area contributed by atoms with E-state index in [1.54, 1.807) is 41.3 Å². The molecule has 0 bridgehead atoms. The predicted octanol–water partition coefficient (Wildman–Crippen LogP) is 3.56. The number of nitriles is 1. The van der Waals surface area contributed by atoms with Crippen molar-refractivity contribution in [1.29, 1.82) is 5.26 Å². The van der Waals surface area contributed by atoms with Crippen LogP contribution in [0.1, 0.15) is 28.4 Å². The van der Waals surface area contributed by atoms with Crippen molar-refractivity contribution in [2.45, 2.75) is 12.5 Å². The van der Waals surface area contributed by atoms with E-state index in [0.29, 0.717) is 11.4 Å². The monoisotopic (exact) mass is 424 g/mol. The van der Waals surface area contributed by atoms with Gasteiger partial charge < -0.3 is 14.8 Å². The number of H-pyrrole nitrogens is 1. The number of hydrogen-bond donors (Lipinski definition) is 2. The molecular weight excluding hydrogens is 408 g/mol. The molecule has 1 aromatic carbocycles. The number of fused-ring (bicyclic) bond motifs is 1. The van der Waals surface area contributed by atoms with Crippen LogP contribution in [0.2, 0.25) is 0 Å². The van der Waals surface area contributed by atoms with E-state index >= 15 is 0 Å². The van der Waals surface area contributed by atoms with Crippen LogP contribution < -0.4 is 5.32 Å². The van der Waals surface area contributed by atoms with Gasteiger partial charge in [0.15, 0.2) is 5.82 Å². The smallest absolute Gasteiger partial charge is 0.256 e. The van der Waals surface area contributed by atoms with Gasteiger partial charge >= 0.3 is 0 Å². The molecule has 0 aliphatic carbocycles. The molecule has 1 unspecified atom stereocenters. The lowest BCUT2D eigenvalue weighted by Gasteiger charge is -2.16. The Hall–Kier alpha value is -4.78. The number of carbonyl (C=O) groups excluding carboxylic acids is 1. The summed E-state index contributed by atoms with van der Waals surface area (Å²) in [7, 11) is 0. The Morgan fingerprint density at radius 1 is 1.28 bits per heavy atom. The third kappa shape index (κ3) is 3.59. The number of nitrogens with one attached hydrogen (secondary N) is 2. The molecule has 0 radical (unpaired) electrons. The van der Waals surface area contributed by atoms with Gasteiger partial charge in [0.2, 0.25) is 0 Å². The lowest BCUT2D eigenvalue weighted by molar-refractivity contribution is 0.102. The molecule has 5 rings (SSSR count). The summed E-state index contributed by atoms with van der Waals surface area (Å²) in [6, 6.07) is 12.4. The molecule has 10 nitrogen and oxygen atoms in total. The fourth-order valence-corrected chi connectivity index (χ4v) is 3.54. The van der Waals surface area contributed by atoms with Gasteiger partial charge in [-0.15, -0.1) is 0 Å².